The van der Waals surface area contributed by atoms with E-state index in [1.807, 2.05) is 12.1 Å². The molecule has 0 radical (unpaired) electrons. The van der Waals surface area contributed by atoms with Gasteiger partial charge in [-0.3, -0.25) is 10.6 Å². The van der Waals surface area contributed by atoms with Crippen LogP contribution in [0.4, 0.5) is 5.95 Å². The van der Waals surface area contributed by atoms with Crippen LogP contribution in [0.25, 0.3) is 11.0 Å². The van der Waals surface area contributed by atoms with E-state index in [-0.39, 0.29) is 0 Å². The third-order valence-electron chi connectivity index (χ3n) is 4.07. The van der Waals surface area contributed by atoms with Gasteiger partial charge in [0, 0.05) is 19.6 Å². The summed E-state index contributed by atoms with van der Waals surface area (Å²) in [6.07, 6.45) is 1.88. The zero-order chi connectivity index (χ0) is 14.7. The van der Waals surface area contributed by atoms with E-state index in [0.717, 1.165) is 57.4 Å². The third kappa shape index (κ3) is 2.80. The second-order valence-corrected chi connectivity index (χ2v) is 5.35. The standard InChI is InChI=1S/C16H22N4O/c1-2-7-19-14-5-3-4-6-15(14)20(16(19)17)9-8-18-10-12-21-13-11-18/h2-6,17H,1,7-13H2/p+1. The van der Waals surface area contributed by atoms with Crippen molar-refractivity contribution in [1.29, 1.82) is 0 Å². The minimum absolute atomic E-state index is 0.733. The number of fused-ring (bicyclic) bond motifs is 1. The molecule has 1 aliphatic rings. The molecule has 3 rings (SSSR count). The van der Waals surface area contributed by atoms with Gasteiger partial charge < -0.3 is 4.74 Å². The van der Waals surface area contributed by atoms with Crippen LogP contribution in [-0.4, -0.2) is 42.3 Å². The Morgan fingerprint density at radius 1 is 1.29 bits per heavy atom. The zero-order valence-electron chi connectivity index (χ0n) is 12.4. The maximum absolute atomic E-state index is 6.35. The molecule has 1 fully saturated rings. The van der Waals surface area contributed by atoms with Gasteiger partial charge in [0.25, 0.3) is 0 Å². The molecule has 0 atom stereocenters. The van der Waals surface area contributed by atoms with Crippen molar-refractivity contribution in [3.8, 4) is 0 Å². The van der Waals surface area contributed by atoms with E-state index in [1.54, 1.807) is 0 Å². The summed E-state index contributed by atoms with van der Waals surface area (Å²) in [6, 6.07) is 8.35. The highest BCUT2D eigenvalue weighted by atomic mass is 16.5. The fourth-order valence-corrected chi connectivity index (χ4v) is 2.94. The molecule has 1 aromatic heterocycles. The van der Waals surface area contributed by atoms with Gasteiger partial charge >= 0.3 is 5.95 Å². The molecule has 2 N–H and O–H groups in total. The Hall–Kier alpha value is -1.85. The van der Waals surface area contributed by atoms with Crippen LogP contribution in [-0.2, 0) is 17.8 Å². The van der Waals surface area contributed by atoms with Crippen molar-refractivity contribution in [3.63, 3.8) is 0 Å². The van der Waals surface area contributed by atoms with Crippen LogP contribution in [0, 0.1) is 0 Å². The number of nitrogens with zero attached hydrogens (tertiary/aromatic N) is 3. The molecule has 5 nitrogen and oxygen atoms in total. The molecular weight excluding hydrogens is 264 g/mol. The predicted octanol–water partition coefficient (Wildman–Crippen LogP) is 1.03. The van der Waals surface area contributed by atoms with Crippen LogP contribution >= 0.6 is 0 Å². The van der Waals surface area contributed by atoms with Crippen LogP contribution < -0.4 is 10.3 Å². The van der Waals surface area contributed by atoms with Gasteiger partial charge in [-0.1, -0.05) is 24.8 Å². The number of nitrogen functional groups attached to an aromatic ring is 1. The Bertz CT molecular complexity index is 628. The van der Waals surface area contributed by atoms with Crippen LogP contribution in [0.3, 0.4) is 0 Å². The molecule has 0 unspecified atom stereocenters. The highest BCUT2D eigenvalue weighted by Gasteiger charge is 2.20. The SMILES string of the molecule is C=CCn1c(N)[n+](CCN2CCOCC2)c2ccccc21. The number of benzene rings is 1. The first-order valence-electron chi connectivity index (χ1n) is 7.49. The van der Waals surface area contributed by atoms with Gasteiger partial charge in [-0.05, 0) is 12.1 Å². The monoisotopic (exact) mass is 287 g/mol. The lowest BCUT2D eigenvalue weighted by Gasteiger charge is -2.25. The highest BCUT2D eigenvalue weighted by Crippen LogP contribution is 2.16. The van der Waals surface area contributed by atoms with Crippen molar-refractivity contribution in [1.82, 2.24) is 9.47 Å². The molecule has 2 heterocycles. The van der Waals surface area contributed by atoms with Crippen molar-refractivity contribution < 1.29 is 9.30 Å². The van der Waals surface area contributed by atoms with E-state index in [0.29, 0.717) is 0 Å². The molecule has 0 spiro atoms. The Morgan fingerprint density at radius 2 is 2.05 bits per heavy atom. The molecule has 1 saturated heterocycles. The number of aromatic nitrogens is 2. The topological polar surface area (TPSA) is 47.3 Å². The molecule has 1 aromatic carbocycles. The van der Waals surface area contributed by atoms with Crippen LogP contribution in [0.1, 0.15) is 0 Å². The largest absolute Gasteiger partial charge is 0.379 e. The number of nitrogens with two attached hydrogens (primary N) is 1. The quantitative estimate of drug-likeness (QED) is 0.660. The summed E-state index contributed by atoms with van der Waals surface area (Å²) in [5.74, 6) is 0.796. The number of anilines is 1. The maximum Gasteiger partial charge on any atom is 0.356 e. The highest BCUT2D eigenvalue weighted by molar-refractivity contribution is 5.73. The lowest BCUT2D eigenvalue weighted by molar-refractivity contribution is -0.657. The number of imidazole rings is 1. The second kappa shape index (κ2) is 6.28. The van der Waals surface area contributed by atoms with Gasteiger partial charge in [0.2, 0.25) is 0 Å². The summed E-state index contributed by atoms with van der Waals surface area (Å²) in [4.78, 5) is 2.43. The van der Waals surface area contributed by atoms with Crippen molar-refractivity contribution in [2.45, 2.75) is 13.1 Å². The number of hydrogen-bond donors (Lipinski definition) is 1. The number of para-hydroxylation sites is 2. The molecule has 2 aromatic rings. The van der Waals surface area contributed by atoms with Gasteiger partial charge in [-0.15, -0.1) is 0 Å². The zero-order valence-corrected chi connectivity index (χ0v) is 12.4. The summed E-state index contributed by atoms with van der Waals surface area (Å²) in [5, 5.41) is 0. The lowest BCUT2D eigenvalue weighted by atomic mass is 10.3. The summed E-state index contributed by atoms with van der Waals surface area (Å²) in [5.41, 5.74) is 8.70. The van der Waals surface area contributed by atoms with E-state index >= 15 is 0 Å². The fourth-order valence-electron chi connectivity index (χ4n) is 2.94. The number of morpholine rings is 1. The molecule has 21 heavy (non-hydrogen) atoms. The van der Waals surface area contributed by atoms with Crippen LogP contribution in [0.15, 0.2) is 36.9 Å². The first-order chi connectivity index (χ1) is 10.3. The Labute approximate surface area is 125 Å². The molecule has 5 heteroatoms. The summed E-state index contributed by atoms with van der Waals surface area (Å²) in [6.45, 7) is 10.1. The molecule has 0 saturated carbocycles. The summed E-state index contributed by atoms with van der Waals surface area (Å²) in [7, 11) is 0. The Morgan fingerprint density at radius 3 is 2.81 bits per heavy atom. The molecule has 0 amide bonds. The average Bonchev–Trinajstić information content (AvgIpc) is 2.79. The second-order valence-electron chi connectivity index (χ2n) is 5.35. The number of ether oxygens (including phenoxy) is 1. The molecular formula is C16H23N4O+. The van der Waals surface area contributed by atoms with E-state index in [2.05, 4.69) is 38.8 Å². The third-order valence-corrected chi connectivity index (χ3v) is 4.07. The number of rotatable bonds is 5. The van der Waals surface area contributed by atoms with Gasteiger partial charge in [-0.25, -0.2) is 9.13 Å². The van der Waals surface area contributed by atoms with Crippen molar-refractivity contribution in [2.24, 2.45) is 0 Å². The number of allylic oxidation sites excluding steroid dienone is 1. The summed E-state index contributed by atoms with van der Waals surface area (Å²) >= 11 is 0. The lowest BCUT2D eigenvalue weighted by Crippen LogP contribution is -2.45. The van der Waals surface area contributed by atoms with E-state index in [1.165, 1.54) is 5.52 Å². The van der Waals surface area contributed by atoms with E-state index in [4.69, 9.17) is 10.5 Å². The number of hydrogen-bond acceptors (Lipinski definition) is 3. The average molecular weight is 287 g/mol. The van der Waals surface area contributed by atoms with Gasteiger partial charge in [0.15, 0.2) is 0 Å². The Balaban J connectivity index is 1.86. The normalized spacial score (nSPS) is 16.4. The molecule has 0 bridgehead atoms. The van der Waals surface area contributed by atoms with E-state index in [9.17, 15) is 0 Å². The predicted molar refractivity (Wildman–Crippen MR) is 84.0 cm³/mol. The maximum atomic E-state index is 6.35. The molecule has 1 aliphatic heterocycles. The first-order valence-corrected chi connectivity index (χ1v) is 7.49. The van der Waals surface area contributed by atoms with Crippen LogP contribution in [0.2, 0.25) is 0 Å². The first kappa shape index (κ1) is 14.1. The minimum Gasteiger partial charge on any atom is -0.379 e. The fraction of sp³-hybridized carbons (Fsp3) is 0.438. The minimum atomic E-state index is 0.733. The Kier molecular flexibility index (Phi) is 4.22. The van der Waals surface area contributed by atoms with E-state index < -0.39 is 0 Å². The van der Waals surface area contributed by atoms with Crippen molar-refractivity contribution in [3.05, 3.63) is 36.9 Å². The van der Waals surface area contributed by atoms with Crippen LogP contribution in [0.5, 0.6) is 0 Å². The molecule has 112 valence electrons. The van der Waals surface area contributed by atoms with Crippen molar-refractivity contribution in [2.75, 3.05) is 38.6 Å². The van der Waals surface area contributed by atoms with Gasteiger partial charge in [0.1, 0.15) is 11.0 Å². The van der Waals surface area contributed by atoms with Crippen molar-refractivity contribution >= 4 is 17.0 Å². The smallest absolute Gasteiger partial charge is 0.356 e. The molecule has 0 aliphatic carbocycles. The van der Waals surface area contributed by atoms with Gasteiger partial charge in [0.05, 0.1) is 26.3 Å². The summed E-state index contributed by atoms with van der Waals surface area (Å²) < 4.78 is 9.71. The van der Waals surface area contributed by atoms with Gasteiger partial charge in [-0.2, -0.15) is 0 Å².